The Hall–Kier alpha value is -5.48. The van der Waals surface area contributed by atoms with Crippen LogP contribution in [0, 0.1) is 11.3 Å². The van der Waals surface area contributed by atoms with Crippen LogP contribution in [-0.4, -0.2) is 81.0 Å². The zero-order valence-corrected chi connectivity index (χ0v) is 32.2. The van der Waals surface area contributed by atoms with Crippen molar-refractivity contribution in [1.82, 2.24) is 20.3 Å². The number of hydrogen-bond acceptors (Lipinski definition) is 9. The molecule has 0 spiro atoms. The van der Waals surface area contributed by atoms with Gasteiger partial charge in [-0.3, -0.25) is 15.0 Å². The van der Waals surface area contributed by atoms with Crippen molar-refractivity contribution in [2.24, 2.45) is 11.7 Å². The third kappa shape index (κ3) is 14.4. The summed E-state index contributed by atoms with van der Waals surface area (Å²) < 4.78 is 40.6. The Balaban J connectivity index is 1.36. The van der Waals surface area contributed by atoms with Crippen LogP contribution in [0.15, 0.2) is 83.8 Å². The summed E-state index contributed by atoms with van der Waals surface area (Å²) in [6.45, 7) is 6.70. The fourth-order valence-corrected chi connectivity index (χ4v) is 7.14. The summed E-state index contributed by atoms with van der Waals surface area (Å²) in [7, 11) is -4.29. The first-order chi connectivity index (χ1) is 26.1. The van der Waals surface area contributed by atoms with E-state index in [2.05, 4.69) is 20.7 Å². The second kappa shape index (κ2) is 19.7. The fraction of sp³-hybridized carbons (Fsp3) is 0.410. The molecular weight excluding hydrogens is 727 g/mol. The molecule has 1 saturated heterocycles. The largest absolute Gasteiger partial charge is 0.445 e. The van der Waals surface area contributed by atoms with Crippen molar-refractivity contribution < 1.29 is 37.1 Å². The average Bonchev–Trinajstić information content (AvgIpc) is 3.13. The molecule has 0 saturated carbocycles. The molecule has 296 valence electrons. The Morgan fingerprint density at radius 1 is 0.891 bits per heavy atom. The summed E-state index contributed by atoms with van der Waals surface area (Å²) in [5.74, 6) is -0.774. The second-order valence-electron chi connectivity index (χ2n) is 14.3. The van der Waals surface area contributed by atoms with Gasteiger partial charge >= 0.3 is 12.2 Å². The highest BCUT2D eigenvalue weighted by molar-refractivity contribution is 7.89. The lowest BCUT2D eigenvalue weighted by Crippen LogP contribution is -2.51. The van der Waals surface area contributed by atoms with E-state index in [9.17, 15) is 27.6 Å². The van der Waals surface area contributed by atoms with Gasteiger partial charge in [0.05, 0.1) is 4.90 Å². The number of amidine groups is 1. The molecule has 1 fully saturated rings. The van der Waals surface area contributed by atoms with Crippen LogP contribution >= 0.6 is 0 Å². The van der Waals surface area contributed by atoms with Gasteiger partial charge in [0.1, 0.15) is 24.1 Å². The maximum atomic E-state index is 14.0. The number of likely N-dealkylation sites (tertiary alicyclic amines) is 1. The van der Waals surface area contributed by atoms with E-state index in [0.29, 0.717) is 50.0 Å². The van der Waals surface area contributed by atoms with Crippen LogP contribution in [-0.2, 0) is 42.1 Å². The topological polar surface area (TPSA) is 222 Å². The molecule has 0 aromatic heterocycles. The number of rotatable bonds is 16. The lowest BCUT2D eigenvalue weighted by Gasteiger charge is -2.34. The first-order valence-corrected chi connectivity index (χ1v) is 19.6. The van der Waals surface area contributed by atoms with Gasteiger partial charge in [-0.25, -0.2) is 18.0 Å². The van der Waals surface area contributed by atoms with Crippen LogP contribution in [0.1, 0.15) is 63.1 Å². The molecular formula is C39H51N7O8S. The van der Waals surface area contributed by atoms with Crippen molar-refractivity contribution in [2.45, 2.75) is 76.0 Å². The maximum Gasteiger partial charge on any atom is 0.407 e. The number of anilines is 1. The molecule has 15 nitrogen and oxygen atoms in total. The summed E-state index contributed by atoms with van der Waals surface area (Å²) in [4.78, 5) is 52.2. The number of alkyl carbamates (subject to hydrolysis) is 2. The smallest absolute Gasteiger partial charge is 0.407 e. The van der Waals surface area contributed by atoms with Gasteiger partial charge in [0.15, 0.2) is 0 Å². The van der Waals surface area contributed by atoms with Crippen molar-refractivity contribution in [2.75, 3.05) is 31.5 Å². The molecule has 0 aliphatic carbocycles. The van der Waals surface area contributed by atoms with Crippen LogP contribution in [0.4, 0.5) is 15.3 Å². The van der Waals surface area contributed by atoms with E-state index in [1.807, 2.05) is 30.3 Å². The predicted molar refractivity (Wildman–Crippen MR) is 208 cm³/mol. The van der Waals surface area contributed by atoms with Gasteiger partial charge < -0.3 is 36.1 Å². The SMILES string of the molecule is CC(C)(C)OC(=O)NCCC1CCN(C(=O)[C@H](Cc2cccc(C(=N)N)c2)NS(=O)(=O)c2cccc(NC(=O)CCNC(=O)OCc3ccccc3)c2)CC1. The number of piperidine rings is 1. The number of benzene rings is 3. The number of nitrogens with two attached hydrogens (primary N) is 1. The molecule has 3 aromatic rings. The Morgan fingerprint density at radius 2 is 1.56 bits per heavy atom. The van der Waals surface area contributed by atoms with Crippen LogP contribution in [0.2, 0.25) is 0 Å². The number of ether oxygens (including phenoxy) is 2. The maximum absolute atomic E-state index is 14.0. The number of nitrogen functional groups attached to an aromatic ring is 1. The summed E-state index contributed by atoms with van der Waals surface area (Å²) in [6.07, 6.45) is 0.798. The lowest BCUT2D eigenvalue weighted by atomic mass is 9.93. The zero-order valence-electron chi connectivity index (χ0n) is 31.4. The Bertz CT molecular complexity index is 1910. The molecule has 0 unspecified atom stereocenters. The first kappa shape index (κ1) is 42.3. The normalized spacial score (nSPS) is 14.0. The number of carbonyl (C=O) groups is 4. The van der Waals surface area contributed by atoms with Crippen molar-refractivity contribution in [3.05, 3.63) is 95.6 Å². The highest BCUT2D eigenvalue weighted by Gasteiger charge is 2.32. The van der Waals surface area contributed by atoms with Gasteiger partial charge in [-0.1, -0.05) is 54.6 Å². The summed E-state index contributed by atoms with van der Waals surface area (Å²) in [5, 5.41) is 15.8. The van der Waals surface area contributed by atoms with Gasteiger partial charge in [-0.2, -0.15) is 4.72 Å². The average molecular weight is 778 g/mol. The van der Waals surface area contributed by atoms with Gasteiger partial charge in [0, 0.05) is 43.9 Å². The van der Waals surface area contributed by atoms with Gasteiger partial charge in [0.2, 0.25) is 21.8 Å². The van der Waals surface area contributed by atoms with E-state index >= 15 is 0 Å². The monoisotopic (exact) mass is 777 g/mol. The highest BCUT2D eigenvalue weighted by Crippen LogP contribution is 2.23. The van der Waals surface area contributed by atoms with E-state index in [1.165, 1.54) is 24.3 Å². The Kier molecular flexibility index (Phi) is 15.2. The molecule has 1 aliphatic rings. The number of nitrogens with zero attached hydrogens (tertiary/aromatic N) is 1. The number of amides is 4. The summed E-state index contributed by atoms with van der Waals surface area (Å²) >= 11 is 0. The molecule has 16 heteroatoms. The number of nitrogens with one attached hydrogen (secondary N) is 5. The van der Waals surface area contributed by atoms with E-state index in [4.69, 9.17) is 20.6 Å². The number of sulfonamides is 1. The Morgan fingerprint density at radius 3 is 2.25 bits per heavy atom. The minimum atomic E-state index is -4.29. The minimum Gasteiger partial charge on any atom is -0.445 e. The minimum absolute atomic E-state index is 0.00384. The van der Waals surface area contributed by atoms with Crippen LogP contribution in [0.5, 0.6) is 0 Å². The zero-order chi connectivity index (χ0) is 40.0. The van der Waals surface area contributed by atoms with E-state index in [1.54, 1.807) is 49.9 Å². The highest BCUT2D eigenvalue weighted by atomic mass is 32.2. The summed E-state index contributed by atoms with van der Waals surface area (Å²) in [5.41, 5.74) is 7.17. The van der Waals surface area contributed by atoms with Crippen LogP contribution in [0.3, 0.4) is 0 Å². The van der Waals surface area contributed by atoms with E-state index in [-0.39, 0.29) is 48.3 Å². The molecule has 1 atom stereocenters. The molecule has 1 heterocycles. The van der Waals surface area contributed by atoms with Crippen molar-refractivity contribution in [1.29, 1.82) is 5.41 Å². The van der Waals surface area contributed by atoms with Crippen LogP contribution in [0.25, 0.3) is 0 Å². The van der Waals surface area contributed by atoms with E-state index < -0.39 is 45.7 Å². The predicted octanol–water partition coefficient (Wildman–Crippen LogP) is 4.27. The molecule has 0 bridgehead atoms. The first-order valence-electron chi connectivity index (χ1n) is 18.1. The molecule has 3 aromatic carbocycles. The third-order valence-corrected chi connectivity index (χ3v) is 10.2. The van der Waals surface area contributed by atoms with Crippen LogP contribution < -0.4 is 26.4 Å². The molecule has 4 rings (SSSR count). The molecule has 4 amide bonds. The lowest BCUT2D eigenvalue weighted by molar-refractivity contribution is -0.134. The quantitative estimate of drug-likeness (QED) is 0.0902. The molecule has 7 N–H and O–H groups in total. The molecule has 55 heavy (non-hydrogen) atoms. The van der Waals surface area contributed by atoms with E-state index in [0.717, 1.165) is 5.56 Å². The number of carbonyl (C=O) groups excluding carboxylic acids is 4. The Labute approximate surface area is 322 Å². The molecule has 1 aliphatic heterocycles. The fourth-order valence-electron chi connectivity index (χ4n) is 5.91. The van der Waals surface area contributed by atoms with Crippen molar-refractivity contribution in [3.8, 4) is 0 Å². The van der Waals surface area contributed by atoms with Crippen molar-refractivity contribution in [3.63, 3.8) is 0 Å². The van der Waals surface area contributed by atoms with Crippen molar-refractivity contribution >= 4 is 45.5 Å². The van der Waals surface area contributed by atoms with Gasteiger partial charge in [-0.15, -0.1) is 0 Å². The second-order valence-corrected chi connectivity index (χ2v) is 16.0. The molecule has 0 radical (unpaired) electrons. The van der Waals surface area contributed by atoms with Gasteiger partial charge in [-0.05, 0) is 87.8 Å². The standard InChI is InChI=1S/C39H51N7O8S/c1-39(2,3)54-38(50)43-19-15-27-17-21-46(22-18-27)36(48)33(24-29-11-7-12-30(23-29)35(40)41)45-55(51,52)32-14-8-13-31(25-32)44-34(47)16-20-42-37(49)53-26-28-9-5-4-6-10-28/h4-14,23,25,27,33,45H,15-22,24,26H2,1-3H3,(H3,40,41)(H,42,49)(H,43,50)(H,44,47)/t33-/m0/s1. The summed E-state index contributed by atoms with van der Waals surface area (Å²) in [6, 6.07) is 20.3. The van der Waals surface area contributed by atoms with Gasteiger partial charge in [0.25, 0.3) is 0 Å². The number of hydrogen-bond donors (Lipinski definition) is 6. The third-order valence-electron chi connectivity index (χ3n) is 8.68.